The number of nitro benzene ring substituents is 1. The monoisotopic (exact) mass is 359 g/mol. The van der Waals surface area contributed by atoms with Crippen molar-refractivity contribution in [3.63, 3.8) is 0 Å². The summed E-state index contributed by atoms with van der Waals surface area (Å²) >= 11 is 1.55. The zero-order valence-electron chi connectivity index (χ0n) is 14.5. The number of anilines is 1. The Balaban J connectivity index is 2.09. The van der Waals surface area contributed by atoms with E-state index in [1.54, 1.807) is 23.9 Å². The molecule has 0 unspecified atom stereocenters. The molecule has 0 aliphatic carbocycles. The first-order valence-electron chi connectivity index (χ1n) is 7.99. The fourth-order valence-corrected chi connectivity index (χ4v) is 3.28. The Bertz CT molecular complexity index is 753. The lowest BCUT2D eigenvalue weighted by atomic mass is 10.1. The zero-order valence-corrected chi connectivity index (χ0v) is 15.3. The third-order valence-corrected chi connectivity index (χ3v) is 4.88. The van der Waals surface area contributed by atoms with Crippen LogP contribution in [0.5, 0.6) is 0 Å². The maximum atomic E-state index is 11.6. The number of rotatable bonds is 6. The molecule has 7 heteroatoms. The molecule has 2 aromatic rings. The molecule has 0 aliphatic rings. The van der Waals surface area contributed by atoms with Gasteiger partial charge in [-0.05, 0) is 55.7 Å². The van der Waals surface area contributed by atoms with E-state index in [2.05, 4.69) is 10.6 Å². The first-order chi connectivity index (χ1) is 11.9. The molecule has 0 atom stereocenters. The fraction of sp³-hybridized carbons (Fsp3) is 0.278. The van der Waals surface area contributed by atoms with E-state index in [9.17, 15) is 14.9 Å². The Kier molecular flexibility index (Phi) is 6.41. The van der Waals surface area contributed by atoms with Gasteiger partial charge in [-0.2, -0.15) is 0 Å². The highest BCUT2D eigenvalue weighted by Gasteiger charge is 2.13. The van der Waals surface area contributed by atoms with Crippen molar-refractivity contribution in [2.75, 3.05) is 11.9 Å². The molecule has 6 nitrogen and oxygen atoms in total. The average molecular weight is 359 g/mol. The number of hydrogen-bond donors (Lipinski definition) is 2. The lowest BCUT2D eigenvalue weighted by molar-refractivity contribution is -0.385. The minimum atomic E-state index is -0.376. The summed E-state index contributed by atoms with van der Waals surface area (Å²) < 4.78 is 0. The lowest BCUT2D eigenvalue weighted by Crippen LogP contribution is -2.29. The number of aryl methyl sites for hydroxylation is 2. The molecule has 0 heterocycles. The molecule has 2 amide bonds. The number of nitrogens with zero attached hydrogens (tertiary/aromatic N) is 1. The molecule has 0 bridgehead atoms. The van der Waals surface area contributed by atoms with Gasteiger partial charge >= 0.3 is 6.03 Å². The van der Waals surface area contributed by atoms with Gasteiger partial charge in [-0.25, -0.2) is 4.79 Å². The summed E-state index contributed by atoms with van der Waals surface area (Å²) in [6, 6.07) is 10.5. The molecule has 25 heavy (non-hydrogen) atoms. The van der Waals surface area contributed by atoms with Crippen LogP contribution in [0.1, 0.15) is 24.5 Å². The second kappa shape index (κ2) is 8.53. The maximum Gasteiger partial charge on any atom is 0.319 e. The molecule has 2 N–H and O–H groups in total. The van der Waals surface area contributed by atoms with E-state index in [1.807, 2.05) is 45.0 Å². The van der Waals surface area contributed by atoms with E-state index in [0.717, 1.165) is 33.0 Å². The topological polar surface area (TPSA) is 84.3 Å². The SMILES string of the molecule is CCCNC(=O)Nc1ccc(Sc2c(C)cc([N+](=O)[O-])cc2C)cc1. The van der Waals surface area contributed by atoms with E-state index < -0.39 is 0 Å². The Morgan fingerprint density at radius 3 is 2.28 bits per heavy atom. The van der Waals surface area contributed by atoms with Crippen LogP contribution in [0.3, 0.4) is 0 Å². The third kappa shape index (κ3) is 5.22. The van der Waals surface area contributed by atoms with Crippen LogP contribution in [0.25, 0.3) is 0 Å². The second-order valence-electron chi connectivity index (χ2n) is 5.67. The van der Waals surface area contributed by atoms with Gasteiger partial charge in [-0.3, -0.25) is 10.1 Å². The van der Waals surface area contributed by atoms with Crippen molar-refractivity contribution < 1.29 is 9.72 Å². The van der Waals surface area contributed by atoms with Gasteiger partial charge in [0.15, 0.2) is 0 Å². The highest BCUT2D eigenvalue weighted by molar-refractivity contribution is 7.99. The van der Waals surface area contributed by atoms with Gasteiger partial charge < -0.3 is 10.6 Å². The number of amides is 2. The van der Waals surface area contributed by atoms with Crippen molar-refractivity contribution >= 4 is 29.2 Å². The molecular weight excluding hydrogens is 338 g/mol. The van der Waals surface area contributed by atoms with Crippen molar-refractivity contribution in [2.24, 2.45) is 0 Å². The van der Waals surface area contributed by atoms with Crippen molar-refractivity contribution in [2.45, 2.75) is 37.0 Å². The van der Waals surface area contributed by atoms with Gasteiger partial charge in [0.25, 0.3) is 5.69 Å². The van der Waals surface area contributed by atoms with E-state index in [0.29, 0.717) is 6.54 Å². The number of nitrogens with one attached hydrogen (secondary N) is 2. The van der Waals surface area contributed by atoms with Gasteiger partial charge in [-0.1, -0.05) is 18.7 Å². The molecule has 2 rings (SSSR count). The number of carbonyl (C=O) groups is 1. The van der Waals surface area contributed by atoms with Crippen LogP contribution in [0, 0.1) is 24.0 Å². The van der Waals surface area contributed by atoms with Gasteiger partial charge in [0, 0.05) is 34.2 Å². The standard InChI is InChI=1S/C18H21N3O3S/c1-4-9-19-18(22)20-14-5-7-16(8-6-14)25-17-12(2)10-15(21(23)24)11-13(17)3/h5-8,10-11H,4,9H2,1-3H3,(H2,19,20,22). The quantitative estimate of drug-likeness (QED) is 0.568. The average Bonchev–Trinajstić information content (AvgIpc) is 2.57. The van der Waals surface area contributed by atoms with E-state index in [4.69, 9.17) is 0 Å². The van der Waals surface area contributed by atoms with E-state index >= 15 is 0 Å². The van der Waals surface area contributed by atoms with Crippen molar-refractivity contribution in [3.8, 4) is 0 Å². The lowest BCUT2D eigenvalue weighted by Gasteiger charge is -2.10. The van der Waals surface area contributed by atoms with Gasteiger partial charge in [0.1, 0.15) is 0 Å². The second-order valence-corrected chi connectivity index (χ2v) is 6.76. The smallest absolute Gasteiger partial charge is 0.319 e. The van der Waals surface area contributed by atoms with Crippen LogP contribution in [-0.2, 0) is 0 Å². The van der Waals surface area contributed by atoms with Crippen molar-refractivity contribution in [1.29, 1.82) is 0 Å². The predicted molar refractivity (Wildman–Crippen MR) is 100 cm³/mol. The van der Waals surface area contributed by atoms with Crippen LogP contribution in [0.15, 0.2) is 46.2 Å². The fourth-order valence-electron chi connectivity index (χ4n) is 2.33. The van der Waals surface area contributed by atoms with Crippen LogP contribution >= 0.6 is 11.8 Å². The summed E-state index contributed by atoms with van der Waals surface area (Å²) in [6.45, 7) is 6.37. The number of hydrogen-bond acceptors (Lipinski definition) is 4. The summed E-state index contributed by atoms with van der Waals surface area (Å²) in [5.41, 5.74) is 2.57. The number of benzene rings is 2. The Labute approximate surface area is 151 Å². The van der Waals surface area contributed by atoms with Crippen molar-refractivity contribution in [1.82, 2.24) is 5.32 Å². The molecular formula is C18H21N3O3S. The van der Waals surface area contributed by atoms with Crippen molar-refractivity contribution in [3.05, 3.63) is 57.6 Å². The summed E-state index contributed by atoms with van der Waals surface area (Å²) in [6.07, 6.45) is 0.886. The summed E-state index contributed by atoms with van der Waals surface area (Å²) in [5.74, 6) is 0. The minimum absolute atomic E-state index is 0.108. The van der Waals surface area contributed by atoms with Crippen LogP contribution in [0.4, 0.5) is 16.2 Å². The maximum absolute atomic E-state index is 11.6. The van der Waals surface area contributed by atoms with Gasteiger partial charge in [0.05, 0.1) is 4.92 Å². The number of urea groups is 1. The third-order valence-electron chi connectivity index (χ3n) is 3.52. The molecule has 0 fully saturated rings. The number of nitro groups is 1. The molecule has 0 aliphatic heterocycles. The molecule has 0 saturated heterocycles. The van der Waals surface area contributed by atoms with Gasteiger partial charge in [0.2, 0.25) is 0 Å². The Morgan fingerprint density at radius 1 is 1.16 bits per heavy atom. The molecule has 0 radical (unpaired) electrons. The summed E-state index contributed by atoms with van der Waals surface area (Å²) in [7, 11) is 0. The van der Waals surface area contributed by atoms with Crippen LogP contribution in [0.2, 0.25) is 0 Å². The van der Waals surface area contributed by atoms with Gasteiger partial charge in [-0.15, -0.1) is 0 Å². The Hall–Kier alpha value is -2.54. The highest BCUT2D eigenvalue weighted by Crippen LogP contribution is 2.35. The molecule has 132 valence electrons. The molecule has 0 spiro atoms. The van der Waals surface area contributed by atoms with Crippen LogP contribution < -0.4 is 10.6 Å². The van der Waals surface area contributed by atoms with Crippen LogP contribution in [-0.4, -0.2) is 17.5 Å². The normalized spacial score (nSPS) is 10.4. The molecule has 2 aromatic carbocycles. The number of non-ortho nitro benzene ring substituents is 1. The minimum Gasteiger partial charge on any atom is -0.338 e. The summed E-state index contributed by atoms with van der Waals surface area (Å²) in [5, 5.41) is 16.5. The zero-order chi connectivity index (χ0) is 18.4. The first kappa shape index (κ1) is 18.8. The predicted octanol–water partition coefficient (Wildman–Crippen LogP) is 4.89. The summed E-state index contributed by atoms with van der Waals surface area (Å²) in [4.78, 5) is 24.2. The first-order valence-corrected chi connectivity index (χ1v) is 8.80. The largest absolute Gasteiger partial charge is 0.338 e. The highest BCUT2D eigenvalue weighted by atomic mass is 32.2. The van der Waals surface area contributed by atoms with E-state index in [-0.39, 0.29) is 16.6 Å². The van der Waals surface area contributed by atoms with E-state index in [1.165, 1.54) is 0 Å². The Morgan fingerprint density at radius 2 is 1.76 bits per heavy atom. The molecule has 0 aromatic heterocycles. The number of carbonyl (C=O) groups excluding carboxylic acids is 1. The molecule has 0 saturated carbocycles.